The van der Waals surface area contributed by atoms with Gasteiger partial charge >= 0.3 is 6.03 Å². The summed E-state index contributed by atoms with van der Waals surface area (Å²) in [6.07, 6.45) is 8.16. The number of aromatic nitrogens is 3. The molecule has 3 aromatic rings. The Morgan fingerprint density at radius 2 is 2.04 bits per heavy atom. The Labute approximate surface area is 152 Å². The van der Waals surface area contributed by atoms with Crippen LogP contribution in [0.3, 0.4) is 0 Å². The number of benzene rings is 1. The molecule has 1 aromatic carbocycles. The lowest BCUT2D eigenvalue weighted by Gasteiger charge is -2.08. The molecule has 1 aliphatic carbocycles. The van der Waals surface area contributed by atoms with Crippen molar-refractivity contribution in [1.29, 1.82) is 0 Å². The SMILES string of the molecule is O=C(NCc1ccc(-n2ccnc2)nc1)NC[C@@H]1C[C@H]1c1ccccc1. The summed E-state index contributed by atoms with van der Waals surface area (Å²) < 4.78 is 1.84. The van der Waals surface area contributed by atoms with Gasteiger partial charge in [-0.25, -0.2) is 14.8 Å². The average Bonchev–Trinajstić information content (AvgIpc) is 3.26. The molecular formula is C20H21N5O. The lowest BCUT2D eigenvalue weighted by atomic mass is 10.1. The van der Waals surface area contributed by atoms with E-state index in [-0.39, 0.29) is 6.03 Å². The molecule has 2 amide bonds. The second kappa shape index (κ2) is 7.39. The number of nitrogens with zero attached hydrogens (tertiary/aromatic N) is 3. The number of pyridine rings is 1. The standard InChI is InChI=1S/C20H21N5O/c26-20(24-13-17-10-18(17)16-4-2-1-3-5-16)23-12-15-6-7-19(22-11-15)25-9-8-21-14-25/h1-9,11,14,17-18H,10,12-13H2,(H2,23,24,26)/t17-,18-/m0/s1. The van der Waals surface area contributed by atoms with Crippen LogP contribution in [0, 0.1) is 5.92 Å². The first kappa shape index (κ1) is 16.3. The van der Waals surface area contributed by atoms with Gasteiger partial charge in [0.25, 0.3) is 0 Å². The second-order valence-corrected chi connectivity index (χ2v) is 6.57. The molecule has 1 saturated carbocycles. The smallest absolute Gasteiger partial charge is 0.315 e. The lowest BCUT2D eigenvalue weighted by Crippen LogP contribution is -2.36. The Bertz CT molecular complexity index is 846. The van der Waals surface area contributed by atoms with Gasteiger partial charge in [-0.15, -0.1) is 0 Å². The minimum absolute atomic E-state index is 0.137. The third kappa shape index (κ3) is 3.91. The number of hydrogen-bond acceptors (Lipinski definition) is 3. The number of hydrogen-bond donors (Lipinski definition) is 2. The van der Waals surface area contributed by atoms with Gasteiger partial charge in [-0.05, 0) is 35.4 Å². The number of imidazole rings is 1. The maximum absolute atomic E-state index is 12.0. The third-order valence-corrected chi connectivity index (χ3v) is 4.71. The van der Waals surface area contributed by atoms with Crippen LogP contribution in [0.1, 0.15) is 23.5 Å². The van der Waals surface area contributed by atoms with Crippen LogP contribution in [-0.4, -0.2) is 27.1 Å². The van der Waals surface area contributed by atoms with Crippen molar-refractivity contribution in [2.75, 3.05) is 6.54 Å². The molecular weight excluding hydrogens is 326 g/mol. The fourth-order valence-electron chi connectivity index (χ4n) is 3.12. The van der Waals surface area contributed by atoms with E-state index < -0.39 is 0 Å². The fraction of sp³-hybridized carbons (Fsp3) is 0.250. The number of nitrogens with one attached hydrogen (secondary N) is 2. The summed E-state index contributed by atoms with van der Waals surface area (Å²) in [5.74, 6) is 1.92. The van der Waals surface area contributed by atoms with E-state index in [0.29, 0.717) is 24.9 Å². The molecule has 2 heterocycles. The summed E-state index contributed by atoms with van der Waals surface area (Å²) in [4.78, 5) is 20.4. The van der Waals surface area contributed by atoms with E-state index in [9.17, 15) is 4.79 Å². The molecule has 0 saturated heterocycles. The van der Waals surface area contributed by atoms with Crippen molar-refractivity contribution >= 4 is 6.03 Å². The monoisotopic (exact) mass is 347 g/mol. The van der Waals surface area contributed by atoms with E-state index in [1.165, 1.54) is 5.56 Å². The van der Waals surface area contributed by atoms with Crippen molar-refractivity contribution in [3.05, 3.63) is 78.5 Å². The van der Waals surface area contributed by atoms with Gasteiger partial charge in [0.15, 0.2) is 0 Å². The number of urea groups is 1. The van der Waals surface area contributed by atoms with Crippen molar-refractivity contribution in [3.63, 3.8) is 0 Å². The Kier molecular flexibility index (Phi) is 4.64. The fourth-order valence-corrected chi connectivity index (χ4v) is 3.12. The van der Waals surface area contributed by atoms with Gasteiger partial charge in [-0.2, -0.15) is 0 Å². The first-order chi connectivity index (χ1) is 12.8. The van der Waals surface area contributed by atoms with Crippen molar-refractivity contribution < 1.29 is 4.79 Å². The topological polar surface area (TPSA) is 71.8 Å². The lowest BCUT2D eigenvalue weighted by molar-refractivity contribution is 0.240. The number of carbonyl (C=O) groups is 1. The van der Waals surface area contributed by atoms with Gasteiger partial charge < -0.3 is 10.6 Å². The zero-order valence-corrected chi connectivity index (χ0v) is 14.4. The number of amides is 2. The second-order valence-electron chi connectivity index (χ2n) is 6.57. The van der Waals surface area contributed by atoms with E-state index in [1.54, 1.807) is 18.7 Å². The molecule has 0 spiro atoms. The molecule has 0 bridgehead atoms. The van der Waals surface area contributed by atoms with Crippen molar-refractivity contribution in [3.8, 4) is 5.82 Å². The normalized spacial score (nSPS) is 18.3. The summed E-state index contributed by atoms with van der Waals surface area (Å²) in [6.45, 7) is 1.17. The molecule has 4 rings (SSSR count). The molecule has 26 heavy (non-hydrogen) atoms. The van der Waals surface area contributed by atoms with E-state index in [1.807, 2.05) is 29.0 Å². The Morgan fingerprint density at radius 1 is 1.15 bits per heavy atom. The van der Waals surface area contributed by atoms with Crippen LogP contribution < -0.4 is 10.6 Å². The molecule has 0 unspecified atom stereocenters. The van der Waals surface area contributed by atoms with Crippen molar-refractivity contribution in [2.24, 2.45) is 5.92 Å². The van der Waals surface area contributed by atoms with Gasteiger partial charge in [0, 0.05) is 31.7 Å². The molecule has 2 aromatic heterocycles. The molecule has 6 heteroatoms. The highest BCUT2D eigenvalue weighted by Gasteiger charge is 2.37. The maximum atomic E-state index is 12.0. The van der Waals surface area contributed by atoms with E-state index >= 15 is 0 Å². The highest BCUT2D eigenvalue weighted by atomic mass is 16.2. The van der Waals surface area contributed by atoms with Gasteiger partial charge in [0.1, 0.15) is 12.1 Å². The quantitative estimate of drug-likeness (QED) is 0.720. The zero-order chi connectivity index (χ0) is 17.8. The van der Waals surface area contributed by atoms with Crippen molar-refractivity contribution in [2.45, 2.75) is 18.9 Å². The van der Waals surface area contributed by atoms with Crippen LogP contribution >= 0.6 is 0 Å². The van der Waals surface area contributed by atoms with Crippen LogP contribution in [0.25, 0.3) is 5.82 Å². The molecule has 0 radical (unpaired) electrons. The van der Waals surface area contributed by atoms with E-state index in [0.717, 1.165) is 17.8 Å². The predicted octanol–water partition coefficient (Wildman–Crippen LogP) is 2.87. The van der Waals surface area contributed by atoms with Crippen LogP contribution in [0.4, 0.5) is 4.79 Å². The van der Waals surface area contributed by atoms with E-state index in [4.69, 9.17) is 0 Å². The summed E-state index contributed by atoms with van der Waals surface area (Å²) in [5, 5.41) is 5.85. The Balaban J connectivity index is 1.20. The molecule has 1 fully saturated rings. The molecule has 2 N–H and O–H groups in total. The Morgan fingerprint density at radius 3 is 2.77 bits per heavy atom. The minimum Gasteiger partial charge on any atom is -0.338 e. The van der Waals surface area contributed by atoms with E-state index in [2.05, 4.69) is 44.9 Å². The van der Waals surface area contributed by atoms with Crippen molar-refractivity contribution in [1.82, 2.24) is 25.2 Å². The molecule has 6 nitrogen and oxygen atoms in total. The summed E-state index contributed by atoms with van der Waals surface area (Å²) >= 11 is 0. The van der Waals surface area contributed by atoms with Gasteiger partial charge in [-0.3, -0.25) is 4.57 Å². The van der Waals surface area contributed by atoms with Gasteiger partial charge in [0.05, 0.1) is 0 Å². The number of carbonyl (C=O) groups excluding carboxylic acids is 1. The van der Waals surface area contributed by atoms with Crippen LogP contribution in [0.2, 0.25) is 0 Å². The van der Waals surface area contributed by atoms with Crippen LogP contribution in [0.15, 0.2) is 67.4 Å². The average molecular weight is 347 g/mol. The molecule has 0 aliphatic heterocycles. The summed E-state index contributed by atoms with van der Waals surface area (Å²) in [5.41, 5.74) is 2.32. The molecule has 1 aliphatic rings. The number of rotatable bonds is 6. The molecule has 132 valence electrons. The minimum atomic E-state index is -0.137. The van der Waals surface area contributed by atoms with Crippen LogP contribution in [0.5, 0.6) is 0 Å². The van der Waals surface area contributed by atoms with Gasteiger partial charge in [-0.1, -0.05) is 36.4 Å². The first-order valence-corrected chi connectivity index (χ1v) is 8.79. The summed E-state index contributed by atoms with van der Waals surface area (Å²) in [6, 6.07) is 14.2. The largest absolute Gasteiger partial charge is 0.338 e. The molecule has 2 atom stereocenters. The predicted molar refractivity (Wildman–Crippen MR) is 98.9 cm³/mol. The van der Waals surface area contributed by atoms with Crippen LogP contribution in [-0.2, 0) is 6.54 Å². The highest BCUT2D eigenvalue weighted by molar-refractivity contribution is 5.73. The van der Waals surface area contributed by atoms with Gasteiger partial charge in [0.2, 0.25) is 0 Å². The zero-order valence-electron chi connectivity index (χ0n) is 14.4. The third-order valence-electron chi connectivity index (χ3n) is 4.71. The maximum Gasteiger partial charge on any atom is 0.315 e. The Hall–Kier alpha value is -3.15. The highest BCUT2D eigenvalue weighted by Crippen LogP contribution is 2.46. The first-order valence-electron chi connectivity index (χ1n) is 8.79. The summed E-state index contributed by atoms with van der Waals surface area (Å²) in [7, 11) is 0.